The number of carbonyl (C=O) groups excluding carboxylic acids is 1. The minimum absolute atomic E-state index is 0.0994. The molecule has 1 rings (SSSR count). The molecular weight excluding hydrogens is 200 g/mol. The van der Waals surface area contributed by atoms with Crippen molar-refractivity contribution in [2.24, 2.45) is 17.6 Å². The van der Waals surface area contributed by atoms with Crippen molar-refractivity contribution in [2.75, 3.05) is 13.1 Å². The van der Waals surface area contributed by atoms with Gasteiger partial charge >= 0.3 is 0 Å². The Morgan fingerprint density at radius 1 is 1.38 bits per heavy atom. The predicted octanol–water partition coefficient (Wildman–Crippen LogP) is 1.66. The van der Waals surface area contributed by atoms with Gasteiger partial charge in [0.15, 0.2) is 5.78 Å². The van der Waals surface area contributed by atoms with Gasteiger partial charge < -0.3 is 5.73 Å². The van der Waals surface area contributed by atoms with Crippen LogP contribution in [0, 0.1) is 11.8 Å². The summed E-state index contributed by atoms with van der Waals surface area (Å²) in [4.78, 5) is 14.5. The lowest BCUT2D eigenvalue weighted by atomic mass is 9.85. The van der Waals surface area contributed by atoms with Crippen LogP contribution in [0.2, 0.25) is 0 Å². The van der Waals surface area contributed by atoms with Gasteiger partial charge in [0.2, 0.25) is 0 Å². The highest BCUT2D eigenvalue weighted by molar-refractivity contribution is 5.85. The molecule has 0 aromatic carbocycles. The van der Waals surface area contributed by atoms with Gasteiger partial charge in [0.25, 0.3) is 0 Å². The number of piperidine rings is 1. The van der Waals surface area contributed by atoms with Crippen molar-refractivity contribution >= 4 is 5.78 Å². The van der Waals surface area contributed by atoms with Gasteiger partial charge in [0.05, 0.1) is 6.04 Å². The minimum Gasteiger partial charge on any atom is -0.330 e. The van der Waals surface area contributed by atoms with Crippen LogP contribution in [0.15, 0.2) is 0 Å². The molecule has 1 fully saturated rings. The maximum absolute atomic E-state index is 12.2. The lowest BCUT2D eigenvalue weighted by molar-refractivity contribution is -0.130. The van der Waals surface area contributed by atoms with Crippen LogP contribution in [-0.4, -0.2) is 35.9 Å². The molecule has 0 aliphatic carbocycles. The first-order chi connectivity index (χ1) is 7.47. The summed E-state index contributed by atoms with van der Waals surface area (Å²) in [7, 11) is 0. The number of hydrogen-bond acceptors (Lipinski definition) is 3. The lowest BCUT2D eigenvalue weighted by Crippen LogP contribution is -2.52. The van der Waals surface area contributed by atoms with Crippen molar-refractivity contribution in [3.8, 4) is 0 Å². The largest absolute Gasteiger partial charge is 0.330 e. The zero-order chi connectivity index (χ0) is 12.3. The van der Waals surface area contributed by atoms with Crippen LogP contribution in [0.1, 0.15) is 40.5 Å². The van der Waals surface area contributed by atoms with Gasteiger partial charge in [0, 0.05) is 12.0 Å². The topological polar surface area (TPSA) is 46.3 Å². The fraction of sp³-hybridized carbons (Fsp3) is 0.923. The van der Waals surface area contributed by atoms with Crippen LogP contribution in [0.3, 0.4) is 0 Å². The van der Waals surface area contributed by atoms with Crippen LogP contribution >= 0.6 is 0 Å². The second-order valence-electron chi connectivity index (χ2n) is 5.53. The molecule has 0 bridgehead atoms. The SMILES string of the molecule is CC(C)C(=O)[C@@H]1CC(CN)CCN1C(C)C. The van der Waals surface area contributed by atoms with E-state index >= 15 is 0 Å². The molecule has 1 aliphatic heterocycles. The molecule has 3 heteroatoms. The molecule has 0 aromatic heterocycles. The third-order valence-electron chi connectivity index (χ3n) is 3.65. The summed E-state index contributed by atoms with van der Waals surface area (Å²) in [5.41, 5.74) is 5.73. The molecule has 0 radical (unpaired) electrons. The van der Waals surface area contributed by atoms with Gasteiger partial charge in [-0.3, -0.25) is 9.69 Å². The fourth-order valence-electron chi connectivity index (χ4n) is 2.55. The number of nitrogens with two attached hydrogens (primary N) is 1. The molecule has 1 saturated heterocycles. The molecule has 16 heavy (non-hydrogen) atoms. The standard InChI is InChI=1S/C13H26N2O/c1-9(2)13(16)12-7-11(8-14)5-6-15(12)10(3)4/h9-12H,5-8,14H2,1-4H3/t11?,12-/m0/s1. The van der Waals surface area contributed by atoms with Gasteiger partial charge in [-0.15, -0.1) is 0 Å². The van der Waals surface area contributed by atoms with E-state index in [4.69, 9.17) is 5.73 Å². The highest BCUT2D eigenvalue weighted by Crippen LogP contribution is 2.26. The van der Waals surface area contributed by atoms with Crippen LogP contribution < -0.4 is 5.73 Å². The monoisotopic (exact) mass is 226 g/mol. The summed E-state index contributed by atoms with van der Waals surface area (Å²) in [5, 5.41) is 0. The van der Waals surface area contributed by atoms with Gasteiger partial charge in [-0.05, 0) is 45.7 Å². The maximum atomic E-state index is 12.2. The average molecular weight is 226 g/mol. The summed E-state index contributed by atoms with van der Waals surface area (Å²) in [6.45, 7) is 10.1. The maximum Gasteiger partial charge on any atom is 0.152 e. The summed E-state index contributed by atoms with van der Waals surface area (Å²) in [5.74, 6) is 1.04. The van der Waals surface area contributed by atoms with Crippen LogP contribution in [0.25, 0.3) is 0 Å². The van der Waals surface area contributed by atoms with E-state index in [9.17, 15) is 4.79 Å². The smallest absolute Gasteiger partial charge is 0.152 e. The number of ketones is 1. The summed E-state index contributed by atoms with van der Waals surface area (Å²) in [6, 6.07) is 0.550. The van der Waals surface area contributed by atoms with Crippen LogP contribution in [0.4, 0.5) is 0 Å². The summed E-state index contributed by atoms with van der Waals surface area (Å²) < 4.78 is 0. The Morgan fingerprint density at radius 3 is 2.44 bits per heavy atom. The number of carbonyl (C=O) groups is 1. The van der Waals surface area contributed by atoms with Crippen molar-refractivity contribution < 1.29 is 4.79 Å². The second kappa shape index (κ2) is 5.78. The zero-order valence-corrected chi connectivity index (χ0v) is 11.1. The summed E-state index contributed by atoms with van der Waals surface area (Å²) >= 11 is 0. The van der Waals surface area contributed by atoms with E-state index in [1.54, 1.807) is 0 Å². The molecule has 94 valence electrons. The number of hydrogen-bond donors (Lipinski definition) is 1. The van der Waals surface area contributed by atoms with E-state index < -0.39 is 0 Å². The van der Waals surface area contributed by atoms with E-state index in [0.29, 0.717) is 24.3 Å². The molecule has 2 N–H and O–H groups in total. The Kier molecular flexibility index (Phi) is 4.93. The zero-order valence-electron chi connectivity index (χ0n) is 11.1. The van der Waals surface area contributed by atoms with Gasteiger partial charge in [0.1, 0.15) is 0 Å². The molecule has 2 atom stereocenters. The van der Waals surface area contributed by atoms with E-state index in [1.807, 2.05) is 13.8 Å². The fourth-order valence-corrected chi connectivity index (χ4v) is 2.55. The van der Waals surface area contributed by atoms with E-state index in [2.05, 4.69) is 18.7 Å². The molecule has 0 amide bonds. The lowest BCUT2D eigenvalue weighted by Gasteiger charge is -2.41. The average Bonchev–Trinajstić information content (AvgIpc) is 2.26. The first kappa shape index (κ1) is 13.7. The van der Waals surface area contributed by atoms with Crippen molar-refractivity contribution in [1.82, 2.24) is 4.90 Å². The van der Waals surface area contributed by atoms with Crippen molar-refractivity contribution in [3.63, 3.8) is 0 Å². The van der Waals surface area contributed by atoms with E-state index in [1.165, 1.54) is 0 Å². The normalized spacial score (nSPS) is 27.7. The molecule has 0 aromatic rings. The quantitative estimate of drug-likeness (QED) is 0.793. The molecule has 1 heterocycles. The van der Waals surface area contributed by atoms with Crippen molar-refractivity contribution in [3.05, 3.63) is 0 Å². The Morgan fingerprint density at radius 2 is 2.00 bits per heavy atom. The molecule has 3 nitrogen and oxygen atoms in total. The molecule has 1 unspecified atom stereocenters. The highest BCUT2D eigenvalue weighted by Gasteiger charge is 2.34. The number of Topliss-reactive ketones (excluding diaryl/α,β-unsaturated/α-hetero) is 1. The van der Waals surface area contributed by atoms with E-state index in [-0.39, 0.29) is 12.0 Å². The molecule has 0 spiro atoms. The van der Waals surface area contributed by atoms with Gasteiger partial charge in [-0.1, -0.05) is 13.8 Å². The number of rotatable bonds is 4. The van der Waals surface area contributed by atoms with Crippen LogP contribution in [-0.2, 0) is 4.79 Å². The van der Waals surface area contributed by atoms with Crippen LogP contribution in [0.5, 0.6) is 0 Å². The number of likely N-dealkylation sites (tertiary alicyclic amines) is 1. The predicted molar refractivity (Wildman–Crippen MR) is 67.3 cm³/mol. The Balaban J connectivity index is 2.75. The first-order valence-electron chi connectivity index (χ1n) is 6.46. The number of nitrogens with zero attached hydrogens (tertiary/aromatic N) is 1. The minimum atomic E-state index is 0.0994. The highest BCUT2D eigenvalue weighted by atomic mass is 16.1. The Bertz CT molecular complexity index is 238. The molecule has 1 aliphatic rings. The third-order valence-corrected chi connectivity index (χ3v) is 3.65. The molecule has 0 saturated carbocycles. The van der Waals surface area contributed by atoms with Gasteiger partial charge in [-0.25, -0.2) is 0 Å². The molecular formula is C13H26N2O. The summed E-state index contributed by atoms with van der Waals surface area (Å²) in [6.07, 6.45) is 2.09. The van der Waals surface area contributed by atoms with E-state index in [0.717, 1.165) is 19.4 Å². The van der Waals surface area contributed by atoms with Crippen molar-refractivity contribution in [1.29, 1.82) is 0 Å². The van der Waals surface area contributed by atoms with Gasteiger partial charge in [-0.2, -0.15) is 0 Å². The Hall–Kier alpha value is -0.410. The second-order valence-corrected chi connectivity index (χ2v) is 5.53. The van der Waals surface area contributed by atoms with Crippen molar-refractivity contribution in [2.45, 2.75) is 52.6 Å². The first-order valence-corrected chi connectivity index (χ1v) is 6.46. The third kappa shape index (κ3) is 3.05. The Labute approximate surface area is 99.4 Å².